The van der Waals surface area contributed by atoms with Crippen molar-refractivity contribution in [1.29, 1.82) is 0 Å². The smallest absolute Gasteiger partial charge is 0.140 e. The number of rotatable bonds is 11. The first kappa shape index (κ1) is 25.8. The van der Waals surface area contributed by atoms with E-state index in [4.69, 9.17) is 16.3 Å². The summed E-state index contributed by atoms with van der Waals surface area (Å²) in [4.78, 5) is 0. The Morgan fingerprint density at radius 2 is 1.64 bits per heavy atom. The lowest BCUT2D eigenvalue weighted by Gasteiger charge is -2.28. The highest BCUT2D eigenvalue weighted by atomic mass is 35.5. The molecule has 0 aliphatic heterocycles. The van der Waals surface area contributed by atoms with Gasteiger partial charge in [0, 0.05) is 17.2 Å². The van der Waals surface area contributed by atoms with Gasteiger partial charge in [0.25, 0.3) is 0 Å². The summed E-state index contributed by atoms with van der Waals surface area (Å²) in [6, 6.07) is 12.9. The molecule has 2 aromatic rings. The Bertz CT molecular complexity index is 888. The van der Waals surface area contributed by atoms with Crippen LogP contribution in [0.5, 0.6) is 0 Å². The van der Waals surface area contributed by atoms with Crippen LogP contribution in [-0.2, 0) is 11.2 Å². The summed E-state index contributed by atoms with van der Waals surface area (Å²) in [6.45, 7) is 3.21. The third kappa shape index (κ3) is 9.52. The van der Waals surface area contributed by atoms with Gasteiger partial charge < -0.3 is 4.74 Å². The molecule has 178 valence electrons. The fourth-order valence-corrected chi connectivity index (χ4v) is 4.73. The number of hydrogen-bond donors (Lipinski definition) is 0. The Labute approximate surface area is 205 Å². The Kier molecular flexibility index (Phi) is 11.3. The zero-order valence-corrected chi connectivity index (χ0v) is 20.8. The lowest BCUT2D eigenvalue weighted by molar-refractivity contribution is 0.0153. The van der Waals surface area contributed by atoms with Gasteiger partial charge in [0.1, 0.15) is 5.82 Å². The molecule has 0 radical (unpaired) electrons. The molecule has 3 rings (SSSR count). The Hall–Kier alpha value is -1.82. The van der Waals surface area contributed by atoms with Crippen LogP contribution in [0.1, 0.15) is 94.2 Å². The summed E-state index contributed by atoms with van der Waals surface area (Å²) in [5, 5.41) is 0.386. The molecule has 0 atom stereocenters. The molecule has 0 amide bonds. The maximum atomic E-state index is 13.9. The molecule has 1 saturated carbocycles. The van der Waals surface area contributed by atoms with E-state index in [2.05, 4.69) is 30.9 Å². The van der Waals surface area contributed by atoms with Crippen molar-refractivity contribution in [2.24, 2.45) is 5.92 Å². The third-order valence-electron chi connectivity index (χ3n) is 6.71. The summed E-state index contributed by atoms with van der Waals surface area (Å²) in [7, 11) is 0. The number of halogens is 2. The molecule has 0 aromatic heterocycles. The molecule has 0 N–H and O–H groups in total. The molecular weight excluding hydrogens is 431 g/mol. The predicted molar refractivity (Wildman–Crippen MR) is 137 cm³/mol. The SMILES string of the molecule is CCCCCCCCOC1CCC(CCc2ccc(C#Cc3ccc(Cl)cc3F)cc2)CC1. The van der Waals surface area contributed by atoms with Crippen LogP contribution in [0.15, 0.2) is 42.5 Å². The number of hydrogen-bond acceptors (Lipinski definition) is 1. The van der Waals surface area contributed by atoms with Gasteiger partial charge in [0.15, 0.2) is 0 Å². The van der Waals surface area contributed by atoms with E-state index in [0.29, 0.717) is 16.7 Å². The predicted octanol–water partition coefficient (Wildman–Crippen LogP) is 8.75. The van der Waals surface area contributed by atoms with Crippen LogP contribution in [-0.4, -0.2) is 12.7 Å². The summed E-state index contributed by atoms with van der Waals surface area (Å²) in [5.41, 5.74) is 2.62. The molecule has 2 aromatic carbocycles. The van der Waals surface area contributed by atoms with Gasteiger partial charge >= 0.3 is 0 Å². The maximum Gasteiger partial charge on any atom is 0.140 e. The molecule has 0 unspecified atom stereocenters. The van der Waals surface area contributed by atoms with E-state index < -0.39 is 0 Å². The first-order valence-electron chi connectivity index (χ1n) is 12.8. The van der Waals surface area contributed by atoms with Crippen molar-refractivity contribution < 1.29 is 9.13 Å². The molecular formula is C30H38ClFO. The fraction of sp³-hybridized carbons (Fsp3) is 0.533. The van der Waals surface area contributed by atoms with Gasteiger partial charge in [0.05, 0.1) is 11.7 Å². The average Bonchev–Trinajstić information content (AvgIpc) is 2.83. The summed E-state index contributed by atoms with van der Waals surface area (Å²) in [6.07, 6.45) is 15.8. The lowest BCUT2D eigenvalue weighted by Crippen LogP contribution is -2.22. The largest absolute Gasteiger partial charge is 0.378 e. The van der Waals surface area contributed by atoms with Crippen molar-refractivity contribution in [2.75, 3.05) is 6.61 Å². The van der Waals surface area contributed by atoms with Crippen LogP contribution in [0, 0.1) is 23.6 Å². The number of benzene rings is 2. The minimum Gasteiger partial charge on any atom is -0.378 e. The first-order chi connectivity index (χ1) is 16.1. The minimum atomic E-state index is -0.380. The van der Waals surface area contributed by atoms with Gasteiger partial charge in [-0.25, -0.2) is 4.39 Å². The van der Waals surface area contributed by atoms with Crippen LogP contribution >= 0.6 is 11.6 Å². The van der Waals surface area contributed by atoms with Crippen LogP contribution in [0.3, 0.4) is 0 Å². The second kappa shape index (κ2) is 14.4. The molecule has 0 bridgehead atoms. The van der Waals surface area contributed by atoms with Crippen LogP contribution < -0.4 is 0 Å². The van der Waals surface area contributed by atoms with Gasteiger partial charge in [-0.15, -0.1) is 0 Å². The van der Waals surface area contributed by atoms with Crippen LogP contribution in [0.2, 0.25) is 5.02 Å². The first-order valence-corrected chi connectivity index (χ1v) is 13.2. The Balaban J connectivity index is 1.32. The summed E-state index contributed by atoms with van der Waals surface area (Å²) >= 11 is 5.79. The van der Waals surface area contributed by atoms with Gasteiger partial charge in [-0.1, -0.05) is 74.6 Å². The van der Waals surface area contributed by atoms with Crippen LogP contribution in [0.25, 0.3) is 0 Å². The van der Waals surface area contributed by atoms with E-state index >= 15 is 0 Å². The molecule has 1 fully saturated rings. The molecule has 1 aliphatic rings. The molecule has 1 nitrogen and oxygen atoms in total. The van der Waals surface area contributed by atoms with Gasteiger partial charge in [0.2, 0.25) is 0 Å². The standard InChI is InChI=1S/C30H38ClFO/c1-2-3-4-5-6-7-22-33-29-20-15-26(16-21-29)13-10-24-8-11-25(12-9-24)14-17-27-18-19-28(31)23-30(27)32/h8-9,11-12,18-19,23,26,29H,2-7,10,13,15-16,20-22H2,1H3. The number of ether oxygens (including phenoxy) is 1. The summed E-state index contributed by atoms with van der Waals surface area (Å²) < 4.78 is 20.0. The zero-order valence-electron chi connectivity index (χ0n) is 20.1. The van der Waals surface area contributed by atoms with Crippen molar-refractivity contribution in [1.82, 2.24) is 0 Å². The van der Waals surface area contributed by atoms with Gasteiger partial charge in [-0.05, 0) is 86.8 Å². The fourth-order valence-electron chi connectivity index (χ4n) is 4.58. The molecule has 33 heavy (non-hydrogen) atoms. The molecule has 3 heteroatoms. The van der Waals surface area contributed by atoms with E-state index in [1.165, 1.54) is 82.3 Å². The van der Waals surface area contributed by atoms with E-state index in [1.807, 2.05) is 12.1 Å². The quantitative estimate of drug-likeness (QED) is 0.236. The number of unbranched alkanes of at least 4 members (excludes halogenated alkanes) is 5. The van der Waals surface area contributed by atoms with Gasteiger partial charge in [-0.2, -0.15) is 0 Å². The minimum absolute atomic E-state index is 0.370. The normalized spacial score (nSPS) is 18.0. The van der Waals surface area contributed by atoms with Crippen LogP contribution in [0.4, 0.5) is 4.39 Å². The third-order valence-corrected chi connectivity index (χ3v) is 6.95. The monoisotopic (exact) mass is 468 g/mol. The Morgan fingerprint density at radius 1 is 0.909 bits per heavy atom. The second-order valence-electron chi connectivity index (χ2n) is 9.39. The highest BCUT2D eigenvalue weighted by molar-refractivity contribution is 6.30. The van der Waals surface area contributed by atoms with Crippen molar-refractivity contribution in [2.45, 2.75) is 90.1 Å². The van der Waals surface area contributed by atoms with E-state index in [1.54, 1.807) is 12.1 Å². The molecule has 1 aliphatic carbocycles. The lowest BCUT2D eigenvalue weighted by atomic mass is 9.83. The molecule has 0 saturated heterocycles. The number of aryl methyl sites for hydroxylation is 1. The van der Waals surface area contributed by atoms with E-state index in [9.17, 15) is 4.39 Å². The van der Waals surface area contributed by atoms with Crippen molar-refractivity contribution in [3.63, 3.8) is 0 Å². The highest BCUT2D eigenvalue weighted by Crippen LogP contribution is 2.29. The van der Waals surface area contributed by atoms with Crippen molar-refractivity contribution in [3.8, 4) is 11.8 Å². The van der Waals surface area contributed by atoms with E-state index in [0.717, 1.165) is 24.5 Å². The molecule has 0 heterocycles. The second-order valence-corrected chi connectivity index (χ2v) is 9.83. The Morgan fingerprint density at radius 3 is 2.36 bits per heavy atom. The summed E-state index contributed by atoms with van der Waals surface area (Å²) in [5.74, 6) is 6.37. The van der Waals surface area contributed by atoms with Gasteiger partial charge in [-0.3, -0.25) is 0 Å². The maximum absolute atomic E-state index is 13.9. The zero-order chi connectivity index (χ0) is 23.3. The van der Waals surface area contributed by atoms with Crippen molar-refractivity contribution in [3.05, 3.63) is 70.0 Å². The highest BCUT2D eigenvalue weighted by Gasteiger charge is 2.21. The average molecular weight is 469 g/mol. The van der Waals surface area contributed by atoms with E-state index in [-0.39, 0.29) is 5.82 Å². The van der Waals surface area contributed by atoms with Crippen molar-refractivity contribution >= 4 is 11.6 Å². The molecule has 0 spiro atoms. The topological polar surface area (TPSA) is 9.23 Å².